The molecule has 1 N–H and O–H groups in total. The van der Waals surface area contributed by atoms with Crippen LogP contribution in [0.25, 0.3) is 5.57 Å². The molecule has 0 atom stereocenters. The molecule has 0 aromatic heterocycles. The summed E-state index contributed by atoms with van der Waals surface area (Å²) >= 11 is 6.20. The number of hydrogen-bond donors (Lipinski definition) is 1. The van der Waals surface area contributed by atoms with E-state index in [-0.39, 0.29) is 16.2 Å². The van der Waals surface area contributed by atoms with E-state index in [0.717, 1.165) is 17.0 Å². The Balaban J connectivity index is 1.90. The SMILES string of the molecule is COC(=O)C1=C(c2ccccc2)c2cc(Cl)ccc2S(=O)(=O)N1CC(=O)Nc1cccc(C)c1. The maximum Gasteiger partial charge on any atom is 0.356 e. The van der Waals surface area contributed by atoms with E-state index in [1.807, 2.05) is 13.0 Å². The second kappa shape index (κ2) is 9.32. The first-order valence-corrected chi connectivity index (χ1v) is 12.1. The molecule has 7 nitrogen and oxygen atoms in total. The molecule has 1 heterocycles. The smallest absolute Gasteiger partial charge is 0.356 e. The van der Waals surface area contributed by atoms with Crippen LogP contribution in [-0.2, 0) is 24.3 Å². The molecule has 1 aliphatic rings. The number of nitrogens with one attached hydrogen (secondary N) is 1. The molecule has 3 aromatic carbocycles. The summed E-state index contributed by atoms with van der Waals surface area (Å²) in [6, 6.07) is 20.2. The number of amides is 1. The third-order valence-corrected chi connectivity index (χ3v) is 7.33. The molecule has 0 saturated heterocycles. The van der Waals surface area contributed by atoms with Gasteiger partial charge in [0.1, 0.15) is 12.2 Å². The molecule has 1 amide bonds. The van der Waals surface area contributed by atoms with Crippen LogP contribution >= 0.6 is 11.6 Å². The fourth-order valence-electron chi connectivity index (χ4n) is 3.83. The minimum absolute atomic E-state index is 0.0632. The van der Waals surface area contributed by atoms with Gasteiger partial charge >= 0.3 is 5.97 Å². The molecule has 0 aliphatic carbocycles. The average Bonchev–Trinajstić information content (AvgIpc) is 2.80. The molecule has 34 heavy (non-hydrogen) atoms. The van der Waals surface area contributed by atoms with Gasteiger partial charge in [0, 0.05) is 21.8 Å². The zero-order chi connectivity index (χ0) is 24.5. The number of rotatable bonds is 5. The second-order valence-corrected chi connectivity index (χ2v) is 9.92. The predicted octanol–water partition coefficient (Wildman–Crippen LogP) is 4.22. The maximum atomic E-state index is 13.6. The van der Waals surface area contributed by atoms with E-state index < -0.39 is 28.4 Å². The number of hydrogen-bond acceptors (Lipinski definition) is 5. The number of sulfonamides is 1. The largest absolute Gasteiger partial charge is 0.464 e. The van der Waals surface area contributed by atoms with Crippen molar-refractivity contribution in [2.24, 2.45) is 0 Å². The van der Waals surface area contributed by atoms with Crippen molar-refractivity contribution in [1.82, 2.24) is 4.31 Å². The van der Waals surface area contributed by atoms with Crippen molar-refractivity contribution in [2.45, 2.75) is 11.8 Å². The molecule has 4 rings (SSSR count). The number of methoxy groups -OCH3 is 1. The molecule has 0 unspecified atom stereocenters. The molecule has 174 valence electrons. The third kappa shape index (κ3) is 4.42. The first-order valence-electron chi connectivity index (χ1n) is 10.3. The van der Waals surface area contributed by atoms with Crippen molar-refractivity contribution in [1.29, 1.82) is 0 Å². The third-order valence-electron chi connectivity index (χ3n) is 5.30. The van der Waals surface area contributed by atoms with E-state index in [9.17, 15) is 18.0 Å². The van der Waals surface area contributed by atoms with E-state index >= 15 is 0 Å². The number of carbonyl (C=O) groups excluding carboxylic acids is 2. The summed E-state index contributed by atoms with van der Waals surface area (Å²) in [4.78, 5) is 25.8. The van der Waals surface area contributed by atoms with Gasteiger partial charge in [-0.05, 0) is 48.4 Å². The number of benzene rings is 3. The van der Waals surface area contributed by atoms with Gasteiger partial charge in [-0.1, -0.05) is 54.1 Å². The summed E-state index contributed by atoms with van der Waals surface area (Å²) in [5, 5.41) is 3.00. The summed E-state index contributed by atoms with van der Waals surface area (Å²) in [7, 11) is -3.13. The number of fused-ring (bicyclic) bond motifs is 1. The topological polar surface area (TPSA) is 92.8 Å². The summed E-state index contributed by atoms with van der Waals surface area (Å²) < 4.78 is 33.0. The summed E-state index contributed by atoms with van der Waals surface area (Å²) in [5.41, 5.74) is 2.32. The van der Waals surface area contributed by atoms with Crippen LogP contribution in [0.2, 0.25) is 5.02 Å². The van der Waals surface area contributed by atoms with Gasteiger partial charge in [0.15, 0.2) is 0 Å². The van der Waals surface area contributed by atoms with Crippen LogP contribution < -0.4 is 5.32 Å². The Morgan fingerprint density at radius 1 is 1.00 bits per heavy atom. The molecule has 1 aliphatic heterocycles. The van der Waals surface area contributed by atoms with Gasteiger partial charge in [0.05, 0.1) is 12.0 Å². The van der Waals surface area contributed by atoms with E-state index in [1.54, 1.807) is 48.5 Å². The first kappa shape index (κ1) is 23.5. The normalized spacial score (nSPS) is 14.4. The van der Waals surface area contributed by atoms with E-state index in [1.165, 1.54) is 18.2 Å². The lowest BCUT2D eigenvalue weighted by atomic mass is 9.95. The van der Waals surface area contributed by atoms with Crippen LogP contribution in [0, 0.1) is 6.92 Å². The lowest BCUT2D eigenvalue weighted by molar-refractivity contribution is -0.137. The zero-order valence-corrected chi connectivity index (χ0v) is 20.0. The lowest BCUT2D eigenvalue weighted by Crippen LogP contribution is -2.43. The summed E-state index contributed by atoms with van der Waals surface area (Å²) in [5.74, 6) is -1.50. The van der Waals surface area contributed by atoms with Gasteiger partial charge in [-0.15, -0.1) is 0 Å². The van der Waals surface area contributed by atoms with Crippen LogP contribution in [0.3, 0.4) is 0 Å². The Bertz CT molecular complexity index is 1420. The van der Waals surface area contributed by atoms with Gasteiger partial charge in [0.25, 0.3) is 10.0 Å². The number of nitrogens with zero attached hydrogens (tertiary/aromatic N) is 1. The number of halogens is 1. The Morgan fingerprint density at radius 3 is 2.41 bits per heavy atom. The molecule has 0 bridgehead atoms. The van der Waals surface area contributed by atoms with Crippen LogP contribution in [0.15, 0.2) is 83.4 Å². The molecule has 0 saturated carbocycles. The molecule has 0 radical (unpaired) electrons. The number of anilines is 1. The minimum atomic E-state index is -4.29. The molecular formula is C25H21ClN2O5S. The number of ether oxygens (including phenoxy) is 1. The maximum absolute atomic E-state index is 13.6. The standard InChI is InChI=1S/C25H21ClN2O5S/c1-16-7-6-10-19(13-16)27-22(29)15-28-24(25(30)33-2)23(17-8-4-3-5-9-17)20-14-18(26)11-12-21(20)34(28,31)32/h3-14H,15H2,1-2H3,(H,27,29). The molecular weight excluding hydrogens is 476 g/mol. The van der Waals surface area contributed by atoms with Gasteiger partial charge in [-0.2, -0.15) is 0 Å². The molecule has 0 spiro atoms. The Kier molecular flexibility index (Phi) is 6.45. The van der Waals surface area contributed by atoms with E-state index in [0.29, 0.717) is 21.8 Å². The van der Waals surface area contributed by atoms with Gasteiger partial charge in [0.2, 0.25) is 5.91 Å². The fourth-order valence-corrected chi connectivity index (χ4v) is 5.61. The zero-order valence-electron chi connectivity index (χ0n) is 18.4. The van der Waals surface area contributed by atoms with Crippen LogP contribution in [0.5, 0.6) is 0 Å². The number of esters is 1. The van der Waals surface area contributed by atoms with Crippen molar-refractivity contribution in [3.63, 3.8) is 0 Å². The highest BCUT2D eigenvalue weighted by molar-refractivity contribution is 7.89. The minimum Gasteiger partial charge on any atom is -0.464 e. The Morgan fingerprint density at radius 2 is 1.74 bits per heavy atom. The highest BCUT2D eigenvalue weighted by atomic mass is 35.5. The summed E-state index contributed by atoms with van der Waals surface area (Å²) in [6.07, 6.45) is 0. The monoisotopic (exact) mass is 496 g/mol. The van der Waals surface area contributed by atoms with Gasteiger partial charge in [-0.3, -0.25) is 4.79 Å². The second-order valence-electron chi connectivity index (χ2n) is 7.65. The van der Waals surface area contributed by atoms with Crippen LogP contribution in [-0.4, -0.2) is 38.3 Å². The van der Waals surface area contributed by atoms with Crippen LogP contribution in [0.4, 0.5) is 5.69 Å². The number of carbonyl (C=O) groups is 2. The average molecular weight is 497 g/mol. The highest BCUT2D eigenvalue weighted by Crippen LogP contribution is 2.41. The fraction of sp³-hybridized carbons (Fsp3) is 0.120. The first-order chi connectivity index (χ1) is 16.2. The van der Waals surface area contributed by atoms with Crippen molar-refractivity contribution >= 4 is 44.8 Å². The predicted molar refractivity (Wildman–Crippen MR) is 130 cm³/mol. The Labute approximate surface area is 202 Å². The van der Waals surface area contributed by atoms with Crippen molar-refractivity contribution in [2.75, 3.05) is 19.0 Å². The highest BCUT2D eigenvalue weighted by Gasteiger charge is 2.41. The Hall–Kier alpha value is -3.62. The quantitative estimate of drug-likeness (QED) is 0.534. The van der Waals surface area contributed by atoms with E-state index in [4.69, 9.17) is 16.3 Å². The molecule has 0 fully saturated rings. The lowest BCUT2D eigenvalue weighted by Gasteiger charge is -2.32. The summed E-state index contributed by atoms with van der Waals surface area (Å²) in [6.45, 7) is 1.25. The van der Waals surface area contributed by atoms with Gasteiger partial charge in [-0.25, -0.2) is 17.5 Å². The van der Waals surface area contributed by atoms with Gasteiger partial charge < -0.3 is 10.1 Å². The van der Waals surface area contributed by atoms with Crippen molar-refractivity contribution < 1.29 is 22.7 Å². The number of aryl methyl sites for hydroxylation is 1. The van der Waals surface area contributed by atoms with E-state index in [2.05, 4.69) is 5.32 Å². The molecule has 3 aromatic rings. The van der Waals surface area contributed by atoms with Crippen molar-refractivity contribution in [3.8, 4) is 0 Å². The molecule has 9 heteroatoms. The van der Waals surface area contributed by atoms with Crippen molar-refractivity contribution in [3.05, 3.63) is 100 Å². The van der Waals surface area contributed by atoms with Crippen LogP contribution in [0.1, 0.15) is 16.7 Å².